The minimum absolute atomic E-state index is 0.0963. The van der Waals surface area contributed by atoms with Crippen LogP contribution in [0.5, 0.6) is 0 Å². The summed E-state index contributed by atoms with van der Waals surface area (Å²) in [6.45, 7) is 0. The molecule has 1 aliphatic rings. The maximum atomic E-state index is 13.3. The highest BCUT2D eigenvalue weighted by molar-refractivity contribution is 6.29. The summed E-state index contributed by atoms with van der Waals surface area (Å²) in [7, 11) is 0. The van der Waals surface area contributed by atoms with Crippen LogP contribution in [-0.4, -0.2) is 17.2 Å². The predicted octanol–water partition coefficient (Wildman–Crippen LogP) is 3.04. The molecular formula is C10H12ClFN2. The Labute approximate surface area is 87.5 Å². The van der Waals surface area contributed by atoms with Gasteiger partial charge >= 0.3 is 0 Å². The first-order chi connectivity index (χ1) is 6.75. The molecule has 76 valence electrons. The quantitative estimate of drug-likeness (QED) is 0.766. The zero-order chi connectivity index (χ0) is 9.97. The van der Waals surface area contributed by atoms with E-state index in [1.54, 1.807) is 18.2 Å². The third-order valence-electron chi connectivity index (χ3n) is 2.48. The lowest BCUT2D eigenvalue weighted by molar-refractivity contribution is 0.323. The molecule has 1 aromatic heterocycles. The van der Waals surface area contributed by atoms with Gasteiger partial charge in [-0.25, -0.2) is 9.37 Å². The standard InChI is InChI=1S/C10H12ClFN2/c11-9-5-2-6-10(14-9)13-8-4-1-3-7(8)12/h2,5-8H,1,3-4H2,(H,13,14)/t7-,8+/m1/s1. The van der Waals surface area contributed by atoms with Crippen LogP contribution in [0.15, 0.2) is 18.2 Å². The van der Waals surface area contributed by atoms with Gasteiger partial charge in [0, 0.05) is 0 Å². The number of aromatic nitrogens is 1. The van der Waals surface area contributed by atoms with Crippen molar-refractivity contribution in [3.8, 4) is 0 Å². The fourth-order valence-electron chi connectivity index (χ4n) is 1.76. The van der Waals surface area contributed by atoms with Crippen molar-refractivity contribution in [2.45, 2.75) is 31.5 Å². The molecule has 4 heteroatoms. The number of hydrogen-bond donors (Lipinski definition) is 1. The number of nitrogens with zero attached hydrogens (tertiary/aromatic N) is 1. The second kappa shape index (κ2) is 4.13. The minimum atomic E-state index is -0.754. The first-order valence-electron chi connectivity index (χ1n) is 4.79. The molecular weight excluding hydrogens is 203 g/mol. The molecule has 0 saturated heterocycles. The molecule has 0 aliphatic heterocycles. The van der Waals surface area contributed by atoms with Crippen molar-refractivity contribution >= 4 is 17.4 Å². The Balaban J connectivity index is 2.03. The van der Waals surface area contributed by atoms with Gasteiger partial charge in [-0.1, -0.05) is 17.7 Å². The molecule has 0 spiro atoms. The summed E-state index contributed by atoms with van der Waals surface area (Å²) in [6.07, 6.45) is 1.71. The Bertz CT molecular complexity index is 319. The van der Waals surface area contributed by atoms with Gasteiger partial charge in [0.25, 0.3) is 0 Å². The molecule has 0 bridgehead atoms. The van der Waals surface area contributed by atoms with E-state index in [0.717, 1.165) is 12.8 Å². The van der Waals surface area contributed by atoms with E-state index in [9.17, 15) is 4.39 Å². The van der Waals surface area contributed by atoms with E-state index in [-0.39, 0.29) is 6.04 Å². The maximum Gasteiger partial charge on any atom is 0.131 e. The maximum absolute atomic E-state index is 13.3. The van der Waals surface area contributed by atoms with E-state index in [1.807, 2.05) is 0 Å². The molecule has 1 aliphatic carbocycles. The van der Waals surface area contributed by atoms with Crippen molar-refractivity contribution in [2.75, 3.05) is 5.32 Å². The van der Waals surface area contributed by atoms with Crippen LogP contribution in [0.4, 0.5) is 10.2 Å². The summed E-state index contributed by atoms with van der Waals surface area (Å²) in [5, 5.41) is 3.49. The van der Waals surface area contributed by atoms with Crippen molar-refractivity contribution in [2.24, 2.45) is 0 Å². The van der Waals surface area contributed by atoms with Crippen molar-refractivity contribution in [1.29, 1.82) is 0 Å². The van der Waals surface area contributed by atoms with E-state index >= 15 is 0 Å². The molecule has 1 saturated carbocycles. The van der Waals surface area contributed by atoms with Crippen LogP contribution in [-0.2, 0) is 0 Å². The minimum Gasteiger partial charge on any atom is -0.364 e. The molecule has 2 rings (SSSR count). The lowest BCUT2D eigenvalue weighted by atomic mass is 10.2. The van der Waals surface area contributed by atoms with Crippen LogP contribution in [0, 0.1) is 0 Å². The zero-order valence-electron chi connectivity index (χ0n) is 7.71. The summed E-state index contributed by atoms with van der Waals surface area (Å²) in [6, 6.07) is 5.21. The van der Waals surface area contributed by atoms with Crippen molar-refractivity contribution in [1.82, 2.24) is 4.98 Å². The Kier molecular flexibility index (Phi) is 2.87. The van der Waals surface area contributed by atoms with Crippen molar-refractivity contribution in [3.63, 3.8) is 0 Å². The zero-order valence-corrected chi connectivity index (χ0v) is 8.47. The fourth-order valence-corrected chi connectivity index (χ4v) is 1.92. The molecule has 1 fully saturated rings. The van der Waals surface area contributed by atoms with Crippen LogP contribution in [0.25, 0.3) is 0 Å². The van der Waals surface area contributed by atoms with Gasteiger partial charge in [-0.05, 0) is 31.4 Å². The number of pyridine rings is 1. The van der Waals surface area contributed by atoms with Gasteiger partial charge in [0.1, 0.15) is 17.1 Å². The second-order valence-corrected chi connectivity index (χ2v) is 3.93. The molecule has 2 atom stereocenters. The summed E-state index contributed by atoms with van der Waals surface area (Å²) >= 11 is 5.72. The number of halogens is 2. The average molecular weight is 215 g/mol. The summed E-state index contributed by atoms with van der Waals surface area (Å²) in [5.41, 5.74) is 0. The first kappa shape index (κ1) is 9.71. The molecule has 0 amide bonds. The van der Waals surface area contributed by atoms with Gasteiger partial charge in [-0.3, -0.25) is 0 Å². The number of anilines is 1. The van der Waals surface area contributed by atoms with Crippen LogP contribution >= 0.6 is 11.6 Å². The topological polar surface area (TPSA) is 24.9 Å². The van der Waals surface area contributed by atoms with Crippen LogP contribution in [0.3, 0.4) is 0 Å². The van der Waals surface area contributed by atoms with Gasteiger partial charge in [-0.15, -0.1) is 0 Å². The third-order valence-corrected chi connectivity index (χ3v) is 2.69. The Morgan fingerprint density at radius 2 is 2.29 bits per heavy atom. The molecule has 14 heavy (non-hydrogen) atoms. The van der Waals surface area contributed by atoms with Crippen LogP contribution in [0.2, 0.25) is 5.15 Å². The lowest BCUT2D eigenvalue weighted by Crippen LogP contribution is -2.25. The van der Waals surface area contributed by atoms with Crippen molar-refractivity contribution < 1.29 is 4.39 Å². The highest BCUT2D eigenvalue weighted by atomic mass is 35.5. The number of rotatable bonds is 2. The van der Waals surface area contributed by atoms with Gasteiger partial charge in [-0.2, -0.15) is 0 Å². The molecule has 2 nitrogen and oxygen atoms in total. The van der Waals surface area contributed by atoms with E-state index in [0.29, 0.717) is 17.4 Å². The molecule has 1 N–H and O–H groups in total. The van der Waals surface area contributed by atoms with Crippen molar-refractivity contribution in [3.05, 3.63) is 23.4 Å². The largest absolute Gasteiger partial charge is 0.364 e. The Hall–Kier alpha value is -0.830. The lowest BCUT2D eigenvalue weighted by Gasteiger charge is -2.15. The SMILES string of the molecule is F[C@@H]1CCC[C@@H]1Nc1cccc(Cl)n1. The number of hydrogen-bond acceptors (Lipinski definition) is 2. The first-order valence-corrected chi connectivity index (χ1v) is 5.16. The van der Waals surface area contributed by atoms with E-state index < -0.39 is 6.17 Å². The van der Waals surface area contributed by atoms with Gasteiger partial charge in [0.05, 0.1) is 6.04 Å². The van der Waals surface area contributed by atoms with E-state index in [1.165, 1.54) is 0 Å². The number of nitrogens with one attached hydrogen (secondary N) is 1. The summed E-state index contributed by atoms with van der Waals surface area (Å²) < 4.78 is 13.3. The molecule has 0 aromatic carbocycles. The van der Waals surface area contributed by atoms with Crippen LogP contribution in [0.1, 0.15) is 19.3 Å². The highest BCUT2D eigenvalue weighted by Gasteiger charge is 2.26. The third kappa shape index (κ3) is 2.15. The van der Waals surface area contributed by atoms with Gasteiger partial charge < -0.3 is 5.32 Å². The fraction of sp³-hybridized carbons (Fsp3) is 0.500. The molecule has 0 unspecified atom stereocenters. The molecule has 1 heterocycles. The Morgan fingerprint density at radius 1 is 1.43 bits per heavy atom. The summed E-state index contributed by atoms with van der Waals surface area (Å²) in [4.78, 5) is 4.06. The Morgan fingerprint density at radius 3 is 2.93 bits per heavy atom. The second-order valence-electron chi connectivity index (χ2n) is 3.54. The number of alkyl halides is 1. The predicted molar refractivity (Wildman–Crippen MR) is 55.4 cm³/mol. The average Bonchev–Trinajstić information content (AvgIpc) is 2.52. The van der Waals surface area contributed by atoms with E-state index in [4.69, 9.17) is 11.6 Å². The van der Waals surface area contributed by atoms with Gasteiger partial charge in [0.15, 0.2) is 0 Å². The normalized spacial score (nSPS) is 26.4. The van der Waals surface area contributed by atoms with Crippen LogP contribution < -0.4 is 5.32 Å². The smallest absolute Gasteiger partial charge is 0.131 e. The monoisotopic (exact) mass is 214 g/mol. The van der Waals surface area contributed by atoms with Gasteiger partial charge in [0.2, 0.25) is 0 Å². The summed E-state index contributed by atoms with van der Waals surface area (Å²) in [5.74, 6) is 0.659. The molecule has 1 aromatic rings. The highest BCUT2D eigenvalue weighted by Crippen LogP contribution is 2.25. The molecule has 0 radical (unpaired) electrons. The van der Waals surface area contributed by atoms with E-state index in [2.05, 4.69) is 10.3 Å².